The number of hydrogen-bond donors (Lipinski definition) is 1. The molecule has 9 heavy (non-hydrogen) atoms. The molecule has 1 N–H and O–H groups in total. The van der Waals surface area contributed by atoms with Crippen LogP contribution < -0.4 is 0 Å². The number of hydrogen-bond acceptors (Lipinski definition) is 1. The minimum Gasteiger partial charge on any atom is -0.366 e. The number of nitrogens with zero attached hydrogens (tertiary/aromatic N) is 2. The molecule has 0 unspecified atom stereocenters. The molecule has 0 amide bonds. The van der Waals surface area contributed by atoms with Crippen LogP contribution in [-0.4, -0.2) is 30.7 Å². The second-order valence-electron chi connectivity index (χ2n) is 2.14. The summed E-state index contributed by atoms with van der Waals surface area (Å²) < 4.78 is 0. The van der Waals surface area contributed by atoms with Crippen LogP contribution in [0.3, 0.4) is 0 Å². The van der Waals surface area contributed by atoms with Crippen molar-refractivity contribution in [3.63, 3.8) is 0 Å². The van der Waals surface area contributed by atoms with Crippen LogP contribution in [0.2, 0.25) is 0 Å². The molecule has 0 spiro atoms. The van der Waals surface area contributed by atoms with Crippen LogP contribution in [-0.2, 0) is 0 Å². The lowest BCUT2D eigenvalue weighted by molar-refractivity contribution is 0.619. The molecule has 0 aromatic heterocycles. The van der Waals surface area contributed by atoms with Crippen molar-refractivity contribution >= 4 is 11.7 Å². The minimum atomic E-state index is 0.348. The molecule has 0 heterocycles. The van der Waals surface area contributed by atoms with Crippen LogP contribution in [0.25, 0.3) is 0 Å². The third-order valence-corrected chi connectivity index (χ3v) is 0.977. The van der Waals surface area contributed by atoms with Crippen LogP contribution in [0.4, 0.5) is 0 Å². The largest absolute Gasteiger partial charge is 0.366 e. The van der Waals surface area contributed by atoms with E-state index < -0.39 is 0 Å². The monoisotopic (exact) mass is 127 g/mol. The van der Waals surface area contributed by atoms with Gasteiger partial charge >= 0.3 is 0 Å². The first kappa shape index (κ1) is 8.14. The van der Waals surface area contributed by atoms with Gasteiger partial charge in [-0.2, -0.15) is 0 Å². The number of nitrogens with one attached hydrogen (secondary N) is 1. The summed E-state index contributed by atoms with van der Waals surface area (Å²) in [6.07, 6.45) is 0. The van der Waals surface area contributed by atoms with Gasteiger partial charge < -0.3 is 4.90 Å². The molecule has 0 radical (unpaired) electrons. The highest BCUT2D eigenvalue weighted by molar-refractivity contribution is 5.92. The lowest BCUT2D eigenvalue weighted by atomic mass is 10.6. The van der Waals surface area contributed by atoms with Crippen molar-refractivity contribution in [1.82, 2.24) is 4.90 Å². The molecule has 0 aliphatic carbocycles. The Balaban J connectivity index is 4.00. The molecule has 0 saturated heterocycles. The molecule has 3 heteroatoms. The van der Waals surface area contributed by atoms with E-state index in [9.17, 15) is 0 Å². The summed E-state index contributed by atoms with van der Waals surface area (Å²) in [6, 6.07) is 0. The normalized spacial score (nSPS) is 11.3. The number of amidine groups is 2. The summed E-state index contributed by atoms with van der Waals surface area (Å²) in [5, 5.41) is 7.00. The Morgan fingerprint density at radius 2 is 1.78 bits per heavy atom. The fourth-order valence-electron chi connectivity index (χ4n) is 0.343. The van der Waals surface area contributed by atoms with Crippen LogP contribution in [0.5, 0.6) is 0 Å². The molecule has 0 aromatic carbocycles. The zero-order chi connectivity index (χ0) is 7.44. The summed E-state index contributed by atoms with van der Waals surface area (Å²) in [7, 11) is 3.81. The van der Waals surface area contributed by atoms with E-state index in [-0.39, 0.29) is 0 Å². The molecule has 52 valence electrons. The van der Waals surface area contributed by atoms with E-state index in [1.165, 1.54) is 0 Å². The van der Waals surface area contributed by atoms with E-state index >= 15 is 0 Å². The summed E-state index contributed by atoms with van der Waals surface area (Å²) in [6.45, 7) is 3.53. The van der Waals surface area contributed by atoms with Crippen LogP contribution >= 0.6 is 0 Å². The van der Waals surface area contributed by atoms with Gasteiger partial charge in [-0.25, -0.2) is 4.99 Å². The molecule has 0 fully saturated rings. The highest BCUT2D eigenvalue weighted by Crippen LogP contribution is 1.82. The van der Waals surface area contributed by atoms with Gasteiger partial charge in [-0.15, -0.1) is 0 Å². The van der Waals surface area contributed by atoms with Crippen molar-refractivity contribution in [2.24, 2.45) is 4.99 Å². The lowest BCUT2D eigenvalue weighted by Crippen LogP contribution is -2.19. The zero-order valence-electron chi connectivity index (χ0n) is 6.39. The van der Waals surface area contributed by atoms with Gasteiger partial charge in [-0.1, -0.05) is 0 Å². The molecular weight excluding hydrogens is 114 g/mol. The second-order valence-corrected chi connectivity index (χ2v) is 2.14. The minimum absolute atomic E-state index is 0.348. The van der Waals surface area contributed by atoms with E-state index in [2.05, 4.69) is 4.99 Å². The van der Waals surface area contributed by atoms with Crippen molar-refractivity contribution in [2.45, 2.75) is 13.8 Å². The Hall–Kier alpha value is -0.860. The first-order valence-electron chi connectivity index (χ1n) is 2.82. The Morgan fingerprint density at radius 1 is 1.33 bits per heavy atom. The summed E-state index contributed by atoms with van der Waals surface area (Å²) in [4.78, 5) is 5.78. The highest BCUT2D eigenvalue weighted by atomic mass is 15.1. The second kappa shape index (κ2) is 3.22. The van der Waals surface area contributed by atoms with Crippen molar-refractivity contribution < 1.29 is 0 Å². The van der Waals surface area contributed by atoms with E-state index in [0.29, 0.717) is 5.84 Å². The molecular formula is C6H13N3. The first-order valence-corrected chi connectivity index (χ1v) is 2.82. The predicted octanol–water partition coefficient (Wildman–Crippen LogP) is 0.964. The van der Waals surface area contributed by atoms with E-state index in [0.717, 1.165) is 5.84 Å². The van der Waals surface area contributed by atoms with Crippen molar-refractivity contribution in [1.29, 1.82) is 5.41 Å². The summed E-state index contributed by atoms with van der Waals surface area (Å²) >= 11 is 0. The molecule has 3 nitrogen and oxygen atoms in total. The van der Waals surface area contributed by atoms with E-state index in [1.807, 2.05) is 25.9 Å². The molecule has 0 rings (SSSR count). The van der Waals surface area contributed by atoms with Crippen LogP contribution in [0, 0.1) is 5.41 Å². The third kappa shape index (κ3) is 3.70. The lowest BCUT2D eigenvalue weighted by Gasteiger charge is -2.09. The van der Waals surface area contributed by atoms with Gasteiger partial charge in [-0.05, 0) is 13.8 Å². The highest BCUT2D eigenvalue weighted by Gasteiger charge is 1.90. The quantitative estimate of drug-likeness (QED) is 0.382. The molecule has 0 saturated carbocycles. The zero-order valence-corrected chi connectivity index (χ0v) is 6.39. The SMILES string of the molecule is CC(=N)N=C(C)N(C)C. The predicted molar refractivity (Wildman–Crippen MR) is 40.2 cm³/mol. The standard InChI is InChI=1S/C6H13N3/c1-5(7)8-6(2)9(3)4/h7H,1-4H3. The molecule has 0 bridgehead atoms. The van der Waals surface area contributed by atoms with Gasteiger partial charge in [0.15, 0.2) is 0 Å². The maximum Gasteiger partial charge on any atom is 0.119 e. The maximum absolute atomic E-state index is 7.00. The number of aliphatic imine (C=N–C) groups is 1. The average molecular weight is 127 g/mol. The smallest absolute Gasteiger partial charge is 0.119 e. The van der Waals surface area contributed by atoms with Crippen molar-refractivity contribution in [3.05, 3.63) is 0 Å². The van der Waals surface area contributed by atoms with Gasteiger partial charge in [-0.3, -0.25) is 5.41 Å². The van der Waals surface area contributed by atoms with Gasteiger partial charge in [0.2, 0.25) is 0 Å². The molecule has 0 aliphatic rings. The van der Waals surface area contributed by atoms with Gasteiger partial charge in [0.05, 0.1) is 0 Å². The molecule has 0 atom stereocenters. The summed E-state index contributed by atoms with van der Waals surface area (Å²) in [5.41, 5.74) is 0. The average Bonchev–Trinajstić information content (AvgIpc) is 1.63. The Labute approximate surface area is 55.9 Å². The first-order chi connectivity index (χ1) is 4.04. The van der Waals surface area contributed by atoms with E-state index in [1.54, 1.807) is 6.92 Å². The van der Waals surface area contributed by atoms with Crippen LogP contribution in [0.15, 0.2) is 4.99 Å². The van der Waals surface area contributed by atoms with Crippen molar-refractivity contribution in [2.75, 3.05) is 14.1 Å². The Bertz CT molecular complexity index is 135. The fourth-order valence-corrected chi connectivity index (χ4v) is 0.343. The van der Waals surface area contributed by atoms with Crippen LogP contribution in [0.1, 0.15) is 13.8 Å². The molecule has 0 aromatic rings. The summed E-state index contributed by atoms with van der Waals surface area (Å²) in [5.74, 6) is 1.21. The third-order valence-electron chi connectivity index (χ3n) is 0.977. The van der Waals surface area contributed by atoms with Gasteiger partial charge in [0.1, 0.15) is 11.7 Å². The Morgan fingerprint density at radius 3 is 1.89 bits per heavy atom. The Kier molecular flexibility index (Phi) is 2.91. The maximum atomic E-state index is 7.00. The van der Waals surface area contributed by atoms with E-state index in [4.69, 9.17) is 5.41 Å². The van der Waals surface area contributed by atoms with Crippen molar-refractivity contribution in [3.8, 4) is 0 Å². The topological polar surface area (TPSA) is 39.5 Å². The fraction of sp³-hybridized carbons (Fsp3) is 0.667. The molecule has 0 aliphatic heterocycles. The number of rotatable bonds is 0. The van der Waals surface area contributed by atoms with Gasteiger partial charge in [0, 0.05) is 14.1 Å². The van der Waals surface area contributed by atoms with Gasteiger partial charge in [0.25, 0.3) is 0 Å².